The maximum atomic E-state index is 13.5. The van der Waals surface area contributed by atoms with Gasteiger partial charge in [-0.1, -0.05) is 35.9 Å². The molecule has 6 rings (SSSR count). The molecule has 2 N–H and O–H groups in total. The van der Waals surface area contributed by atoms with Crippen molar-refractivity contribution in [3.8, 4) is 5.75 Å². The molecule has 1 saturated carbocycles. The van der Waals surface area contributed by atoms with Crippen LogP contribution in [0.5, 0.6) is 5.75 Å². The number of hydrogen-bond acceptors (Lipinski definition) is 7. The maximum Gasteiger partial charge on any atom is 0.343 e. The topological polar surface area (TPSA) is 99.5 Å². The second-order valence-corrected chi connectivity index (χ2v) is 13.8. The Labute approximate surface area is 264 Å². The number of aliphatic hydroxyl groups is 2. The molecule has 1 fully saturated rings. The number of aliphatic hydroxyl groups excluding tert-OH is 1. The molecular weight excluding hydrogens is 580 g/mol. The van der Waals surface area contributed by atoms with E-state index in [4.69, 9.17) is 21.1 Å². The van der Waals surface area contributed by atoms with Gasteiger partial charge < -0.3 is 29.5 Å². The van der Waals surface area contributed by atoms with Gasteiger partial charge in [0, 0.05) is 36.6 Å². The molecule has 44 heavy (non-hydrogen) atoms. The highest BCUT2D eigenvalue weighted by atomic mass is 35.5. The fraction of sp³-hybridized carbons (Fsp3) is 0.543. The summed E-state index contributed by atoms with van der Waals surface area (Å²) < 4.78 is 11.7. The quantitative estimate of drug-likeness (QED) is 0.350. The van der Waals surface area contributed by atoms with Crippen molar-refractivity contribution < 1.29 is 29.3 Å². The van der Waals surface area contributed by atoms with Crippen molar-refractivity contribution in [2.45, 2.75) is 75.0 Å². The van der Waals surface area contributed by atoms with Crippen LogP contribution in [0.4, 0.5) is 5.69 Å². The zero-order valence-corrected chi connectivity index (χ0v) is 26.6. The normalized spacial score (nSPS) is 32.9. The monoisotopic (exact) mass is 622 g/mol. The third kappa shape index (κ3) is 5.50. The van der Waals surface area contributed by atoms with Crippen LogP contribution in [-0.2, 0) is 31.8 Å². The molecule has 2 aromatic rings. The molecular formula is C35H43ClN2O6. The van der Waals surface area contributed by atoms with E-state index in [0.717, 1.165) is 42.8 Å². The number of halogens is 1. The van der Waals surface area contributed by atoms with E-state index in [1.54, 1.807) is 25.2 Å². The van der Waals surface area contributed by atoms with Crippen molar-refractivity contribution in [2.24, 2.45) is 11.8 Å². The lowest BCUT2D eigenvalue weighted by molar-refractivity contribution is -0.168. The van der Waals surface area contributed by atoms with Gasteiger partial charge in [0.1, 0.15) is 5.75 Å². The van der Waals surface area contributed by atoms with Crippen LogP contribution in [0.15, 0.2) is 48.6 Å². The Morgan fingerprint density at radius 2 is 2.00 bits per heavy atom. The zero-order chi connectivity index (χ0) is 31.2. The first-order valence-electron chi connectivity index (χ1n) is 15.8. The minimum atomic E-state index is -2.18. The van der Waals surface area contributed by atoms with Crippen molar-refractivity contribution in [3.05, 3.63) is 70.3 Å². The predicted molar refractivity (Wildman–Crippen MR) is 169 cm³/mol. The van der Waals surface area contributed by atoms with Gasteiger partial charge in [0.25, 0.3) is 0 Å². The zero-order valence-electron chi connectivity index (χ0n) is 25.8. The summed E-state index contributed by atoms with van der Waals surface area (Å²) in [6.45, 7) is 3.75. The van der Waals surface area contributed by atoms with Gasteiger partial charge in [0.05, 0.1) is 31.9 Å². The Hall–Kier alpha value is -3.07. The summed E-state index contributed by atoms with van der Waals surface area (Å²) >= 11 is 6.41. The molecule has 2 heterocycles. The molecule has 0 unspecified atom stereocenters. The predicted octanol–water partition coefficient (Wildman–Crippen LogP) is 4.76. The number of methoxy groups -OCH3 is 1. The summed E-state index contributed by atoms with van der Waals surface area (Å²) in [6.07, 6.45) is 8.18. The average molecular weight is 623 g/mol. The fourth-order valence-corrected chi connectivity index (χ4v) is 7.89. The Balaban J connectivity index is 1.47. The van der Waals surface area contributed by atoms with Gasteiger partial charge in [-0.15, -0.1) is 0 Å². The van der Waals surface area contributed by atoms with E-state index in [-0.39, 0.29) is 34.8 Å². The summed E-state index contributed by atoms with van der Waals surface area (Å²) in [5.74, 6) is -0.238. The SMILES string of the molecule is COC(=O)[C@]1(O)CC(=O)N(C)[C@@H](C)C/C=C\[C@H](O)[C@@H]2CC[C@H]2CN2C[C@@]3(CCCc4cc(Cl)ccc43)COc3ccc1cc32. The molecule has 1 amide bonds. The van der Waals surface area contributed by atoms with Gasteiger partial charge >= 0.3 is 5.97 Å². The van der Waals surface area contributed by atoms with Crippen molar-refractivity contribution in [1.82, 2.24) is 4.90 Å². The van der Waals surface area contributed by atoms with E-state index in [1.165, 1.54) is 23.1 Å². The van der Waals surface area contributed by atoms with Gasteiger partial charge in [-0.05, 0) is 98.2 Å². The fourth-order valence-electron chi connectivity index (χ4n) is 7.69. The van der Waals surface area contributed by atoms with E-state index in [0.29, 0.717) is 31.9 Å². The number of carbonyl (C=O) groups excluding carboxylic acids is 2. The number of esters is 1. The third-order valence-corrected chi connectivity index (χ3v) is 10.9. The molecule has 1 spiro atoms. The number of hydrogen-bond donors (Lipinski definition) is 2. The van der Waals surface area contributed by atoms with Gasteiger partial charge in [0.15, 0.2) is 5.60 Å². The van der Waals surface area contributed by atoms with Crippen molar-refractivity contribution >= 4 is 29.2 Å². The summed E-state index contributed by atoms with van der Waals surface area (Å²) in [5.41, 5.74) is 1.07. The summed E-state index contributed by atoms with van der Waals surface area (Å²) in [5, 5.41) is 23.8. The molecule has 0 aromatic heterocycles. The van der Waals surface area contributed by atoms with Crippen LogP contribution in [0.3, 0.4) is 0 Å². The van der Waals surface area contributed by atoms with Gasteiger partial charge in [-0.3, -0.25) is 4.79 Å². The molecule has 2 aliphatic carbocycles. The van der Waals surface area contributed by atoms with Crippen molar-refractivity contribution in [3.63, 3.8) is 0 Å². The molecule has 2 aliphatic heterocycles. The van der Waals surface area contributed by atoms with Crippen LogP contribution in [0.1, 0.15) is 62.1 Å². The number of benzene rings is 2. The highest BCUT2D eigenvalue weighted by Gasteiger charge is 2.46. The molecule has 4 aliphatic rings. The van der Waals surface area contributed by atoms with E-state index in [2.05, 4.69) is 17.0 Å². The van der Waals surface area contributed by atoms with E-state index < -0.39 is 24.1 Å². The standard InChI is InChI=1S/C35H43ClN2O6/c1-22-6-4-8-30(39)27-12-9-24(27)19-38-20-34(15-5-7-23-16-26(36)11-13-28(23)34)21-44-31-14-10-25(17-29(31)38)35(42,33(41)43-3)18-32(40)37(22)2/h4,8,10-11,13-14,16-17,22,24,27,30,39,42H,5-7,9,12,15,18-21H2,1-3H3/b8-4-/t22-,24-,27+,30-,34-,35-/m0/s1. The van der Waals surface area contributed by atoms with Crippen LogP contribution in [0.25, 0.3) is 0 Å². The number of aryl methyl sites for hydroxylation is 1. The van der Waals surface area contributed by atoms with Gasteiger partial charge in [0.2, 0.25) is 5.91 Å². The Morgan fingerprint density at radius 3 is 2.75 bits per heavy atom. The first kappa shape index (κ1) is 30.9. The molecule has 0 radical (unpaired) electrons. The minimum absolute atomic E-state index is 0.116. The largest absolute Gasteiger partial charge is 0.490 e. The molecule has 0 saturated heterocycles. The number of amides is 1. The van der Waals surface area contributed by atoms with Gasteiger partial charge in [-0.25, -0.2) is 4.79 Å². The summed E-state index contributed by atoms with van der Waals surface area (Å²) in [7, 11) is 2.89. The molecule has 236 valence electrons. The first-order chi connectivity index (χ1) is 21.0. The van der Waals surface area contributed by atoms with Crippen LogP contribution in [-0.4, -0.2) is 73.0 Å². The Morgan fingerprint density at radius 1 is 1.18 bits per heavy atom. The lowest BCUT2D eigenvalue weighted by Crippen LogP contribution is -2.49. The molecule has 8 nitrogen and oxygen atoms in total. The molecule has 9 heteroatoms. The number of anilines is 1. The Bertz CT molecular complexity index is 1460. The molecule has 2 aromatic carbocycles. The average Bonchev–Trinajstić information content (AvgIpc) is 3.14. The highest BCUT2D eigenvalue weighted by Crippen LogP contribution is 2.47. The second-order valence-electron chi connectivity index (χ2n) is 13.3. The number of rotatable bonds is 1. The van der Waals surface area contributed by atoms with E-state index >= 15 is 0 Å². The number of carbonyl (C=O) groups is 2. The molecule has 6 atom stereocenters. The van der Waals surface area contributed by atoms with Crippen molar-refractivity contribution in [2.75, 3.05) is 38.8 Å². The number of nitrogens with zero attached hydrogens (tertiary/aromatic N) is 2. The Kier molecular flexibility index (Phi) is 8.46. The van der Waals surface area contributed by atoms with Crippen LogP contribution in [0, 0.1) is 11.8 Å². The van der Waals surface area contributed by atoms with E-state index in [9.17, 15) is 19.8 Å². The first-order valence-corrected chi connectivity index (χ1v) is 16.1. The highest BCUT2D eigenvalue weighted by molar-refractivity contribution is 6.30. The van der Waals surface area contributed by atoms with Crippen molar-refractivity contribution in [1.29, 1.82) is 0 Å². The summed E-state index contributed by atoms with van der Waals surface area (Å²) in [4.78, 5) is 30.5. The molecule has 2 bridgehead atoms. The van der Waals surface area contributed by atoms with Crippen LogP contribution < -0.4 is 9.64 Å². The minimum Gasteiger partial charge on any atom is -0.490 e. The lowest BCUT2D eigenvalue weighted by Gasteiger charge is -2.45. The van der Waals surface area contributed by atoms with Crippen LogP contribution >= 0.6 is 11.6 Å². The second kappa shape index (κ2) is 12.0. The smallest absolute Gasteiger partial charge is 0.343 e. The maximum absolute atomic E-state index is 13.5. The third-order valence-electron chi connectivity index (χ3n) is 10.7. The number of ether oxygens (including phenoxy) is 2. The van der Waals surface area contributed by atoms with E-state index in [1.807, 2.05) is 25.1 Å². The summed E-state index contributed by atoms with van der Waals surface area (Å²) in [6, 6.07) is 11.2. The van der Waals surface area contributed by atoms with Gasteiger partial charge in [-0.2, -0.15) is 0 Å². The van der Waals surface area contributed by atoms with Crippen LogP contribution in [0.2, 0.25) is 5.02 Å². The lowest BCUT2D eigenvalue weighted by atomic mass is 9.68. The number of fused-ring (bicyclic) bond motifs is 4.